The van der Waals surface area contributed by atoms with Gasteiger partial charge in [-0.1, -0.05) is 12.1 Å². The fourth-order valence-electron chi connectivity index (χ4n) is 2.11. The van der Waals surface area contributed by atoms with E-state index >= 15 is 0 Å². The van der Waals surface area contributed by atoms with Gasteiger partial charge in [0.2, 0.25) is 0 Å². The van der Waals surface area contributed by atoms with E-state index in [1.807, 2.05) is 19.9 Å². The highest BCUT2D eigenvalue weighted by molar-refractivity contribution is 6.09. The van der Waals surface area contributed by atoms with Crippen LogP contribution in [0.3, 0.4) is 0 Å². The molecular formula is C16H17FN2O. The number of carbonyl (C=O) groups is 1. The van der Waals surface area contributed by atoms with Crippen molar-refractivity contribution in [2.24, 2.45) is 0 Å². The van der Waals surface area contributed by atoms with E-state index in [-0.39, 0.29) is 11.7 Å². The summed E-state index contributed by atoms with van der Waals surface area (Å²) in [4.78, 5) is 14.0. The van der Waals surface area contributed by atoms with Crippen molar-refractivity contribution in [2.75, 3.05) is 17.2 Å². The van der Waals surface area contributed by atoms with Crippen LogP contribution in [0.5, 0.6) is 0 Å². The summed E-state index contributed by atoms with van der Waals surface area (Å²) in [5.74, 6) is -0.596. The maximum absolute atomic E-state index is 13.3. The Morgan fingerprint density at radius 1 is 1.25 bits per heavy atom. The fraction of sp³-hybridized carbons (Fsp3) is 0.188. The first-order valence-electron chi connectivity index (χ1n) is 6.46. The van der Waals surface area contributed by atoms with Gasteiger partial charge in [0.05, 0.1) is 5.56 Å². The second kappa shape index (κ2) is 5.74. The summed E-state index contributed by atoms with van der Waals surface area (Å²) in [7, 11) is 0. The third kappa shape index (κ3) is 2.79. The SMILES string of the molecule is CCN(C(=O)c1ccc(C)cc1N)c1cccc(F)c1. The number of nitrogens with two attached hydrogens (primary N) is 1. The van der Waals surface area contributed by atoms with Gasteiger partial charge in [-0.3, -0.25) is 4.79 Å². The van der Waals surface area contributed by atoms with Crippen LogP contribution in [0.1, 0.15) is 22.8 Å². The minimum absolute atomic E-state index is 0.226. The number of hydrogen-bond donors (Lipinski definition) is 1. The Morgan fingerprint density at radius 2 is 2.00 bits per heavy atom. The van der Waals surface area contributed by atoms with Gasteiger partial charge in [-0.2, -0.15) is 0 Å². The molecule has 0 spiro atoms. The lowest BCUT2D eigenvalue weighted by molar-refractivity contribution is 0.0989. The molecule has 4 heteroatoms. The Kier molecular flexibility index (Phi) is 4.03. The van der Waals surface area contributed by atoms with E-state index in [1.165, 1.54) is 17.0 Å². The van der Waals surface area contributed by atoms with E-state index in [2.05, 4.69) is 0 Å². The van der Waals surface area contributed by atoms with Gasteiger partial charge < -0.3 is 10.6 Å². The molecule has 0 unspecified atom stereocenters. The summed E-state index contributed by atoms with van der Waals surface area (Å²) in [6, 6.07) is 11.3. The maximum atomic E-state index is 13.3. The molecule has 0 aromatic heterocycles. The van der Waals surface area contributed by atoms with Crippen molar-refractivity contribution < 1.29 is 9.18 Å². The fourth-order valence-corrected chi connectivity index (χ4v) is 2.11. The molecule has 0 heterocycles. The summed E-state index contributed by atoms with van der Waals surface area (Å²) in [5, 5.41) is 0. The van der Waals surface area contributed by atoms with Crippen molar-refractivity contribution in [3.05, 3.63) is 59.4 Å². The van der Waals surface area contributed by atoms with E-state index in [9.17, 15) is 9.18 Å². The summed E-state index contributed by atoms with van der Waals surface area (Å²) >= 11 is 0. The zero-order chi connectivity index (χ0) is 14.7. The third-order valence-corrected chi connectivity index (χ3v) is 3.12. The molecule has 2 N–H and O–H groups in total. The number of rotatable bonds is 3. The highest BCUT2D eigenvalue weighted by Gasteiger charge is 2.18. The highest BCUT2D eigenvalue weighted by atomic mass is 19.1. The van der Waals surface area contributed by atoms with Crippen LogP contribution in [0.2, 0.25) is 0 Å². The zero-order valence-electron chi connectivity index (χ0n) is 11.6. The molecule has 0 bridgehead atoms. The topological polar surface area (TPSA) is 46.3 Å². The number of nitrogens with zero attached hydrogens (tertiary/aromatic N) is 1. The first kappa shape index (κ1) is 14.1. The van der Waals surface area contributed by atoms with Crippen LogP contribution < -0.4 is 10.6 Å². The minimum atomic E-state index is -0.370. The van der Waals surface area contributed by atoms with Crippen LogP contribution in [0.25, 0.3) is 0 Å². The van der Waals surface area contributed by atoms with Crippen molar-refractivity contribution in [2.45, 2.75) is 13.8 Å². The number of carbonyl (C=O) groups excluding carboxylic acids is 1. The van der Waals surface area contributed by atoms with Gasteiger partial charge in [0.15, 0.2) is 0 Å². The molecule has 0 aliphatic rings. The molecule has 0 saturated heterocycles. The predicted molar refractivity (Wildman–Crippen MR) is 79.3 cm³/mol. The van der Waals surface area contributed by atoms with Gasteiger partial charge in [0, 0.05) is 17.9 Å². The number of benzene rings is 2. The number of halogens is 1. The van der Waals surface area contributed by atoms with Crippen LogP contribution in [0.15, 0.2) is 42.5 Å². The lowest BCUT2D eigenvalue weighted by Gasteiger charge is -2.22. The van der Waals surface area contributed by atoms with E-state index in [4.69, 9.17) is 5.73 Å². The molecule has 0 aliphatic carbocycles. The van der Waals surface area contributed by atoms with E-state index < -0.39 is 0 Å². The van der Waals surface area contributed by atoms with Crippen LogP contribution in [0.4, 0.5) is 15.8 Å². The zero-order valence-corrected chi connectivity index (χ0v) is 11.6. The Bertz CT molecular complexity index is 640. The average molecular weight is 272 g/mol. The lowest BCUT2D eigenvalue weighted by atomic mass is 10.1. The van der Waals surface area contributed by atoms with Crippen molar-refractivity contribution >= 4 is 17.3 Å². The maximum Gasteiger partial charge on any atom is 0.260 e. The van der Waals surface area contributed by atoms with Crippen LogP contribution in [-0.4, -0.2) is 12.5 Å². The van der Waals surface area contributed by atoms with Crippen molar-refractivity contribution in [1.82, 2.24) is 0 Å². The van der Waals surface area contributed by atoms with E-state index in [1.54, 1.807) is 24.3 Å². The first-order chi connectivity index (χ1) is 9.52. The van der Waals surface area contributed by atoms with Crippen molar-refractivity contribution in [3.8, 4) is 0 Å². The van der Waals surface area contributed by atoms with Crippen LogP contribution in [0, 0.1) is 12.7 Å². The largest absolute Gasteiger partial charge is 0.398 e. The lowest BCUT2D eigenvalue weighted by Crippen LogP contribution is -2.31. The highest BCUT2D eigenvalue weighted by Crippen LogP contribution is 2.21. The van der Waals surface area contributed by atoms with Crippen molar-refractivity contribution in [1.29, 1.82) is 0 Å². The smallest absolute Gasteiger partial charge is 0.260 e. The second-order valence-electron chi connectivity index (χ2n) is 4.62. The van der Waals surface area contributed by atoms with Crippen LogP contribution in [-0.2, 0) is 0 Å². The van der Waals surface area contributed by atoms with Gasteiger partial charge >= 0.3 is 0 Å². The van der Waals surface area contributed by atoms with Gasteiger partial charge in [-0.05, 0) is 49.7 Å². The number of amides is 1. The van der Waals surface area contributed by atoms with E-state index in [0.717, 1.165) is 5.56 Å². The van der Waals surface area contributed by atoms with Gasteiger partial charge in [0.25, 0.3) is 5.91 Å². The summed E-state index contributed by atoms with van der Waals surface area (Å²) in [5.41, 5.74) is 8.29. The number of anilines is 2. The van der Waals surface area contributed by atoms with Crippen molar-refractivity contribution in [3.63, 3.8) is 0 Å². The summed E-state index contributed by atoms with van der Waals surface area (Å²) in [6.07, 6.45) is 0. The molecule has 0 fully saturated rings. The molecule has 0 atom stereocenters. The minimum Gasteiger partial charge on any atom is -0.398 e. The Morgan fingerprint density at radius 3 is 2.60 bits per heavy atom. The molecule has 0 aliphatic heterocycles. The molecule has 1 amide bonds. The Labute approximate surface area is 117 Å². The average Bonchev–Trinajstić information content (AvgIpc) is 2.39. The normalized spacial score (nSPS) is 10.3. The molecule has 20 heavy (non-hydrogen) atoms. The van der Waals surface area contributed by atoms with Crippen LogP contribution >= 0.6 is 0 Å². The molecule has 2 aromatic rings. The molecule has 0 radical (unpaired) electrons. The molecule has 0 saturated carbocycles. The Hall–Kier alpha value is -2.36. The predicted octanol–water partition coefficient (Wildman–Crippen LogP) is 3.38. The molecular weight excluding hydrogens is 255 g/mol. The third-order valence-electron chi connectivity index (χ3n) is 3.12. The summed E-state index contributed by atoms with van der Waals surface area (Å²) < 4.78 is 13.3. The molecule has 2 rings (SSSR count). The second-order valence-corrected chi connectivity index (χ2v) is 4.62. The quantitative estimate of drug-likeness (QED) is 0.871. The van der Waals surface area contributed by atoms with Gasteiger partial charge in [-0.15, -0.1) is 0 Å². The summed E-state index contributed by atoms with van der Waals surface area (Å²) in [6.45, 7) is 4.19. The standard InChI is InChI=1S/C16H17FN2O/c1-3-19(13-6-4-5-12(17)10-13)16(20)14-8-7-11(2)9-15(14)18/h4-10H,3,18H2,1-2H3. The number of nitrogen functional groups attached to an aromatic ring is 1. The van der Waals surface area contributed by atoms with E-state index in [0.29, 0.717) is 23.5 Å². The first-order valence-corrected chi connectivity index (χ1v) is 6.46. The van der Waals surface area contributed by atoms with Gasteiger partial charge in [0.1, 0.15) is 5.82 Å². The monoisotopic (exact) mass is 272 g/mol. The Balaban J connectivity index is 2.39. The number of aryl methyl sites for hydroxylation is 1. The molecule has 104 valence electrons. The number of hydrogen-bond acceptors (Lipinski definition) is 2. The molecule has 2 aromatic carbocycles. The van der Waals surface area contributed by atoms with Gasteiger partial charge in [-0.25, -0.2) is 4.39 Å². The molecule has 3 nitrogen and oxygen atoms in total.